The second kappa shape index (κ2) is 9.85. The Morgan fingerprint density at radius 3 is 2.79 bits per heavy atom. The first kappa shape index (κ1) is 21.4. The van der Waals surface area contributed by atoms with Gasteiger partial charge in [0.25, 0.3) is 5.91 Å². The molecule has 146 valence electrons. The number of nitrogens with zero attached hydrogens (tertiary/aromatic N) is 2. The molecule has 0 aromatic heterocycles. The van der Waals surface area contributed by atoms with Crippen LogP contribution in [0, 0.1) is 17.1 Å². The summed E-state index contributed by atoms with van der Waals surface area (Å²) in [5.41, 5.74) is 2.83. The first-order valence-electron chi connectivity index (χ1n) is 8.46. The summed E-state index contributed by atoms with van der Waals surface area (Å²) >= 11 is 3.45. The molecule has 0 spiro atoms. The summed E-state index contributed by atoms with van der Waals surface area (Å²) in [4.78, 5) is 12.1. The van der Waals surface area contributed by atoms with Gasteiger partial charge in [0.05, 0.1) is 41.1 Å². The Morgan fingerprint density at radius 2 is 2.18 bits per heavy atom. The predicted octanol–water partition coefficient (Wildman–Crippen LogP) is 4.41. The number of nitrogens with one attached hydrogen (secondary N) is 1. The fourth-order valence-electron chi connectivity index (χ4n) is 2.21. The first-order valence-corrected chi connectivity index (χ1v) is 9.26. The molecule has 0 heterocycles. The van der Waals surface area contributed by atoms with E-state index in [4.69, 9.17) is 14.7 Å². The Morgan fingerprint density at radius 1 is 1.43 bits per heavy atom. The molecule has 0 saturated carbocycles. The summed E-state index contributed by atoms with van der Waals surface area (Å²) in [6.07, 6.45) is 2.27. The van der Waals surface area contributed by atoms with E-state index in [1.807, 2.05) is 13.8 Å². The quantitative estimate of drug-likeness (QED) is 0.503. The summed E-state index contributed by atoms with van der Waals surface area (Å²) in [6, 6.07) is 8.87. The third-order valence-electron chi connectivity index (χ3n) is 3.87. The average Bonchev–Trinajstić information content (AvgIpc) is 2.69. The number of methoxy groups -OCH3 is 1. The largest absolute Gasteiger partial charge is 0.493 e. The third kappa shape index (κ3) is 5.30. The Kier molecular flexibility index (Phi) is 7.52. The van der Waals surface area contributed by atoms with Crippen molar-refractivity contribution < 1.29 is 18.7 Å². The van der Waals surface area contributed by atoms with Crippen LogP contribution in [0.1, 0.15) is 41.8 Å². The van der Waals surface area contributed by atoms with Crippen LogP contribution in [0.3, 0.4) is 0 Å². The molecule has 2 aromatic rings. The van der Waals surface area contributed by atoms with Crippen LogP contribution >= 0.6 is 15.9 Å². The number of nitriles is 1. The van der Waals surface area contributed by atoms with E-state index in [0.717, 1.165) is 12.5 Å². The molecular weight excluding hydrogens is 429 g/mol. The van der Waals surface area contributed by atoms with E-state index >= 15 is 0 Å². The number of hydrogen-bond acceptors (Lipinski definition) is 5. The average molecular weight is 448 g/mol. The van der Waals surface area contributed by atoms with Crippen LogP contribution in [0.2, 0.25) is 0 Å². The van der Waals surface area contributed by atoms with E-state index in [1.54, 1.807) is 18.2 Å². The SMILES string of the molecule is CC[C@@H](C)Oc1c(Br)cc(/C=N\NC(=O)c2ccc(C#N)cc2F)cc1OC. The highest BCUT2D eigenvalue weighted by Crippen LogP contribution is 2.37. The molecule has 2 aromatic carbocycles. The maximum Gasteiger partial charge on any atom is 0.274 e. The third-order valence-corrected chi connectivity index (χ3v) is 4.46. The van der Waals surface area contributed by atoms with Crippen molar-refractivity contribution in [2.24, 2.45) is 5.10 Å². The minimum Gasteiger partial charge on any atom is -0.493 e. The summed E-state index contributed by atoms with van der Waals surface area (Å²) in [6.45, 7) is 3.98. The number of rotatable bonds is 7. The molecule has 1 N–H and O–H groups in total. The molecule has 0 aliphatic rings. The second-order valence-corrected chi connectivity index (χ2v) is 6.73. The van der Waals surface area contributed by atoms with Gasteiger partial charge in [-0.2, -0.15) is 10.4 Å². The lowest BCUT2D eigenvalue weighted by Crippen LogP contribution is -2.19. The molecule has 0 aliphatic carbocycles. The summed E-state index contributed by atoms with van der Waals surface area (Å²) in [5.74, 6) is -0.415. The van der Waals surface area contributed by atoms with E-state index in [0.29, 0.717) is 21.5 Å². The van der Waals surface area contributed by atoms with Gasteiger partial charge in [-0.1, -0.05) is 6.92 Å². The highest BCUT2D eigenvalue weighted by molar-refractivity contribution is 9.10. The molecule has 8 heteroatoms. The van der Waals surface area contributed by atoms with Crippen LogP contribution in [0.15, 0.2) is 39.9 Å². The minimum absolute atomic E-state index is 0.0197. The molecule has 1 amide bonds. The van der Waals surface area contributed by atoms with Gasteiger partial charge in [0.2, 0.25) is 0 Å². The summed E-state index contributed by atoms with van der Waals surface area (Å²) in [7, 11) is 1.53. The molecule has 2 rings (SSSR count). The van der Waals surface area contributed by atoms with Gasteiger partial charge >= 0.3 is 0 Å². The van der Waals surface area contributed by atoms with Crippen molar-refractivity contribution in [1.82, 2.24) is 5.43 Å². The molecule has 0 radical (unpaired) electrons. The van der Waals surface area contributed by atoms with Gasteiger partial charge in [-0.05, 0) is 65.2 Å². The molecule has 0 fully saturated rings. The molecule has 0 aliphatic heterocycles. The van der Waals surface area contributed by atoms with Gasteiger partial charge in [-0.3, -0.25) is 4.79 Å². The number of ether oxygens (including phenoxy) is 2. The van der Waals surface area contributed by atoms with E-state index in [9.17, 15) is 9.18 Å². The zero-order valence-electron chi connectivity index (χ0n) is 15.6. The predicted molar refractivity (Wildman–Crippen MR) is 107 cm³/mol. The topological polar surface area (TPSA) is 83.7 Å². The van der Waals surface area contributed by atoms with Gasteiger partial charge < -0.3 is 9.47 Å². The fraction of sp³-hybridized carbons (Fsp3) is 0.250. The lowest BCUT2D eigenvalue weighted by Gasteiger charge is -2.17. The van der Waals surface area contributed by atoms with Crippen LogP contribution in [0.25, 0.3) is 0 Å². The maximum atomic E-state index is 13.9. The van der Waals surface area contributed by atoms with Gasteiger partial charge in [0.1, 0.15) is 5.82 Å². The summed E-state index contributed by atoms with van der Waals surface area (Å²) in [5, 5.41) is 12.6. The Balaban J connectivity index is 2.15. The van der Waals surface area contributed by atoms with E-state index in [1.165, 1.54) is 25.5 Å². The zero-order valence-corrected chi connectivity index (χ0v) is 17.2. The van der Waals surface area contributed by atoms with Crippen molar-refractivity contribution in [1.29, 1.82) is 5.26 Å². The second-order valence-electron chi connectivity index (χ2n) is 5.88. The Labute approximate surface area is 171 Å². The molecule has 6 nitrogen and oxygen atoms in total. The van der Waals surface area contributed by atoms with Crippen molar-refractivity contribution in [3.63, 3.8) is 0 Å². The number of hydrazone groups is 1. The van der Waals surface area contributed by atoms with Crippen LogP contribution in [-0.4, -0.2) is 25.3 Å². The normalized spacial score (nSPS) is 11.7. The highest BCUT2D eigenvalue weighted by atomic mass is 79.9. The van der Waals surface area contributed by atoms with Gasteiger partial charge in [0.15, 0.2) is 11.5 Å². The smallest absolute Gasteiger partial charge is 0.274 e. The monoisotopic (exact) mass is 447 g/mol. The number of carbonyl (C=O) groups is 1. The number of benzene rings is 2. The molecule has 1 atom stereocenters. The number of hydrogen-bond donors (Lipinski definition) is 1. The number of carbonyl (C=O) groups excluding carboxylic acids is 1. The van der Waals surface area contributed by atoms with Crippen molar-refractivity contribution in [2.75, 3.05) is 7.11 Å². The summed E-state index contributed by atoms with van der Waals surface area (Å²) < 4.78 is 25.8. The van der Waals surface area contributed by atoms with Gasteiger partial charge in [-0.15, -0.1) is 0 Å². The molecule has 0 saturated heterocycles. The lowest BCUT2D eigenvalue weighted by atomic mass is 10.1. The lowest BCUT2D eigenvalue weighted by molar-refractivity contribution is 0.0951. The van der Waals surface area contributed by atoms with Gasteiger partial charge in [0, 0.05) is 0 Å². The van der Waals surface area contributed by atoms with Crippen LogP contribution in [0.5, 0.6) is 11.5 Å². The van der Waals surface area contributed by atoms with E-state index in [-0.39, 0.29) is 17.2 Å². The highest BCUT2D eigenvalue weighted by Gasteiger charge is 2.14. The minimum atomic E-state index is -0.789. The molecular formula is C20H19BrFN3O3. The standard InChI is InChI=1S/C20H19BrFN3O3/c1-4-12(2)28-19-16(21)7-14(9-18(19)27-3)11-24-25-20(26)15-6-5-13(10-23)8-17(15)22/h5-9,11-12H,4H2,1-3H3,(H,25,26)/b24-11-/t12-/m1/s1. The fourth-order valence-corrected chi connectivity index (χ4v) is 2.76. The van der Waals surface area contributed by atoms with Crippen LogP contribution in [0.4, 0.5) is 4.39 Å². The van der Waals surface area contributed by atoms with Crippen molar-refractivity contribution >= 4 is 28.1 Å². The Hall–Kier alpha value is -2.92. The molecule has 0 unspecified atom stereocenters. The van der Waals surface area contributed by atoms with Crippen molar-refractivity contribution in [3.05, 3.63) is 57.3 Å². The number of amides is 1. The Bertz CT molecular complexity index is 941. The van der Waals surface area contributed by atoms with Crippen molar-refractivity contribution in [3.8, 4) is 17.6 Å². The van der Waals surface area contributed by atoms with Crippen molar-refractivity contribution in [2.45, 2.75) is 26.4 Å². The number of halogens is 2. The van der Waals surface area contributed by atoms with Gasteiger partial charge in [-0.25, -0.2) is 9.82 Å². The van der Waals surface area contributed by atoms with E-state index < -0.39 is 11.7 Å². The molecule has 28 heavy (non-hydrogen) atoms. The first-order chi connectivity index (χ1) is 13.4. The molecule has 0 bridgehead atoms. The maximum absolute atomic E-state index is 13.9. The zero-order chi connectivity index (χ0) is 20.7. The van der Waals surface area contributed by atoms with Crippen LogP contribution in [-0.2, 0) is 0 Å². The van der Waals surface area contributed by atoms with E-state index in [2.05, 4.69) is 26.5 Å². The van der Waals surface area contributed by atoms with Crippen LogP contribution < -0.4 is 14.9 Å².